The van der Waals surface area contributed by atoms with Crippen molar-refractivity contribution < 1.29 is 0 Å². The van der Waals surface area contributed by atoms with Gasteiger partial charge >= 0.3 is 0 Å². The summed E-state index contributed by atoms with van der Waals surface area (Å²) in [6.07, 6.45) is 1.12. The SMILES string of the molecule is CN1CCCN(c2cc(NN)nc(N)n2)CC1. The van der Waals surface area contributed by atoms with Crippen LogP contribution >= 0.6 is 0 Å². The molecule has 1 aliphatic rings. The summed E-state index contributed by atoms with van der Waals surface area (Å²) in [5.41, 5.74) is 8.16. The summed E-state index contributed by atoms with van der Waals surface area (Å²) in [7, 11) is 2.13. The number of nitrogens with zero attached hydrogens (tertiary/aromatic N) is 4. The molecule has 0 spiro atoms. The number of nitrogens with one attached hydrogen (secondary N) is 1. The molecule has 1 aromatic heterocycles. The molecule has 7 nitrogen and oxygen atoms in total. The number of anilines is 3. The van der Waals surface area contributed by atoms with Crippen molar-refractivity contribution in [2.75, 3.05) is 49.3 Å². The van der Waals surface area contributed by atoms with Crippen molar-refractivity contribution in [1.82, 2.24) is 14.9 Å². The minimum atomic E-state index is 0.244. The van der Waals surface area contributed by atoms with Crippen LogP contribution in [-0.2, 0) is 0 Å². The van der Waals surface area contributed by atoms with E-state index in [1.807, 2.05) is 6.07 Å². The molecule has 17 heavy (non-hydrogen) atoms. The van der Waals surface area contributed by atoms with E-state index in [9.17, 15) is 0 Å². The molecule has 0 unspecified atom stereocenters. The van der Waals surface area contributed by atoms with Gasteiger partial charge in [-0.15, -0.1) is 0 Å². The van der Waals surface area contributed by atoms with Gasteiger partial charge in [-0.3, -0.25) is 0 Å². The number of aromatic nitrogens is 2. The fraction of sp³-hybridized carbons (Fsp3) is 0.600. The van der Waals surface area contributed by atoms with Crippen molar-refractivity contribution in [3.05, 3.63) is 6.07 Å². The quantitative estimate of drug-likeness (QED) is 0.470. The minimum Gasteiger partial charge on any atom is -0.368 e. The first-order valence-corrected chi connectivity index (χ1v) is 5.73. The van der Waals surface area contributed by atoms with Gasteiger partial charge in [0.25, 0.3) is 0 Å². The van der Waals surface area contributed by atoms with Crippen LogP contribution in [0.25, 0.3) is 0 Å². The monoisotopic (exact) mass is 237 g/mol. The third-order valence-electron chi connectivity index (χ3n) is 2.92. The number of likely N-dealkylation sites (N-methyl/N-ethyl adjacent to an activating group) is 1. The lowest BCUT2D eigenvalue weighted by Gasteiger charge is -2.22. The van der Waals surface area contributed by atoms with Gasteiger partial charge < -0.3 is 21.0 Å². The molecule has 2 heterocycles. The highest BCUT2D eigenvalue weighted by molar-refractivity contribution is 5.52. The molecule has 0 bridgehead atoms. The molecule has 1 saturated heterocycles. The summed E-state index contributed by atoms with van der Waals surface area (Å²) in [5.74, 6) is 6.97. The number of hydrogen-bond donors (Lipinski definition) is 3. The number of nitrogen functional groups attached to an aromatic ring is 2. The van der Waals surface area contributed by atoms with Crippen molar-refractivity contribution in [2.45, 2.75) is 6.42 Å². The van der Waals surface area contributed by atoms with Gasteiger partial charge in [-0.05, 0) is 20.0 Å². The number of nitrogens with two attached hydrogens (primary N) is 2. The lowest BCUT2D eigenvalue weighted by molar-refractivity contribution is 0.360. The van der Waals surface area contributed by atoms with Crippen LogP contribution in [0.5, 0.6) is 0 Å². The average molecular weight is 237 g/mol. The van der Waals surface area contributed by atoms with Gasteiger partial charge in [0.15, 0.2) is 0 Å². The fourth-order valence-electron chi connectivity index (χ4n) is 1.96. The van der Waals surface area contributed by atoms with E-state index in [0.717, 1.165) is 38.4 Å². The molecular weight excluding hydrogens is 218 g/mol. The topological polar surface area (TPSA) is 96.3 Å². The molecule has 1 fully saturated rings. The molecule has 0 saturated carbocycles. The molecule has 7 heteroatoms. The Morgan fingerprint density at radius 3 is 2.82 bits per heavy atom. The Morgan fingerprint density at radius 2 is 2.06 bits per heavy atom. The lowest BCUT2D eigenvalue weighted by Crippen LogP contribution is -2.29. The molecule has 0 aliphatic carbocycles. The number of hydrazine groups is 1. The van der Waals surface area contributed by atoms with E-state index in [0.29, 0.717) is 5.82 Å². The Morgan fingerprint density at radius 1 is 1.24 bits per heavy atom. The van der Waals surface area contributed by atoms with Gasteiger partial charge in [-0.2, -0.15) is 9.97 Å². The largest absolute Gasteiger partial charge is 0.368 e. The maximum atomic E-state index is 5.65. The third-order valence-corrected chi connectivity index (χ3v) is 2.92. The Hall–Kier alpha value is -1.60. The molecule has 2 rings (SSSR count). The van der Waals surface area contributed by atoms with Crippen molar-refractivity contribution >= 4 is 17.6 Å². The third kappa shape index (κ3) is 2.95. The van der Waals surface area contributed by atoms with E-state index >= 15 is 0 Å². The zero-order chi connectivity index (χ0) is 12.3. The fourth-order valence-corrected chi connectivity index (χ4v) is 1.96. The summed E-state index contributed by atoms with van der Waals surface area (Å²) in [6.45, 7) is 4.05. The maximum Gasteiger partial charge on any atom is 0.223 e. The maximum absolute atomic E-state index is 5.65. The normalized spacial score (nSPS) is 17.9. The average Bonchev–Trinajstić information content (AvgIpc) is 2.53. The van der Waals surface area contributed by atoms with E-state index in [2.05, 4.69) is 32.2 Å². The summed E-state index contributed by atoms with van der Waals surface area (Å²) in [5, 5.41) is 0. The Balaban J connectivity index is 2.17. The second-order valence-electron chi connectivity index (χ2n) is 4.26. The minimum absolute atomic E-state index is 0.244. The zero-order valence-electron chi connectivity index (χ0n) is 10.1. The van der Waals surface area contributed by atoms with Crippen LogP contribution < -0.4 is 21.9 Å². The number of rotatable bonds is 2. The summed E-state index contributed by atoms with van der Waals surface area (Å²) >= 11 is 0. The van der Waals surface area contributed by atoms with Gasteiger partial charge in [-0.25, -0.2) is 5.84 Å². The van der Waals surface area contributed by atoms with Crippen LogP contribution in [0.4, 0.5) is 17.6 Å². The predicted octanol–water partition coefficient (Wildman–Crippen LogP) is -0.514. The molecule has 5 N–H and O–H groups in total. The van der Waals surface area contributed by atoms with Crippen molar-refractivity contribution in [3.8, 4) is 0 Å². The zero-order valence-corrected chi connectivity index (χ0v) is 10.1. The summed E-state index contributed by atoms with van der Waals surface area (Å²) < 4.78 is 0. The van der Waals surface area contributed by atoms with Crippen molar-refractivity contribution in [2.24, 2.45) is 5.84 Å². The first kappa shape index (κ1) is 11.9. The lowest BCUT2D eigenvalue weighted by atomic mass is 10.3. The van der Waals surface area contributed by atoms with Gasteiger partial charge in [-0.1, -0.05) is 0 Å². The Kier molecular flexibility index (Phi) is 3.60. The van der Waals surface area contributed by atoms with Gasteiger partial charge in [0, 0.05) is 25.7 Å². The van der Waals surface area contributed by atoms with E-state index in [-0.39, 0.29) is 5.95 Å². The molecule has 0 amide bonds. The van der Waals surface area contributed by atoms with Crippen molar-refractivity contribution in [1.29, 1.82) is 0 Å². The molecule has 0 radical (unpaired) electrons. The first-order valence-electron chi connectivity index (χ1n) is 5.73. The molecule has 1 aliphatic heterocycles. The highest BCUT2D eigenvalue weighted by Gasteiger charge is 2.14. The first-order chi connectivity index (χ1) is 8.19. The van der Waals surface area contributed by atoms with E-state index in [4.69, 9.17) is 11.6 Å². The molecule has 94 valence electrons. The highest BCUT2D eigenvalue weighted by Crippen LogP contribution is 2.17. The van der Waals surface area contributed by atoms with Crippen LogP contribution in [0.3, 0.4) is 0 Å². The van der Waals surface area contributed by atoms with Gasteiger partial charge in [0.1, 0.15) is 11.6 Å². The van der Waals surface area contributed by atoms with Crippen LogP contribution in [0.15, 0.2) is 6.07 Å². The second kappa shape index (κ2) is 5.15. The van der Waals surface area contributed by atoms with E-state index < -0.39 is 0 Å². The van der Waals surface area contributed by atoms with Crippen LogP contribution in [-0.4, -0.2) is 48.1 Å². The molecular formula is C10H19N7. The van der Waals surface area contributed by atoms with Crippen LogP contribution in [0.1, 0.15) is 6.42 Å². The molecule has 0 aromatic carbocycles. The van der Waals surface area contributed by atoms with E-state index in [1.54, 1.807) is 0 Å². The van der Waals surface area contributed by atoms with Gasteiger partial charge in [0.2, 0.25) is 5.95 Å². The van der Waals surface area contributed by atoms with Crippen LogP contribution in [0, 0.1) is 0 Å². The second-order valence-corrected chi connectivity index (χ2v) is 4.26. The predicted molar refractivity (Wildman–Crippen MR) is 68.6 cm³/mol. The van der Waals surface area contributed by atoms with Crippen molar-refractivity contribution in [3.63, 3.8) is 0 Å². The molecule has 0 atom stereocenters. The summed E-state index contributed by atoms with van der Waals surface area (Å²) in [6, 6.07) is 1.82. The Labute approximate surface area is 101 Å². The van der Waals surface area contributed by atoms with E-state index in [1.165, 1.54) is 0 Å². The van der Waals surface area contributed by atoms with Gasteiger partial charge in [0.05, 0.1) is 0 Å². The summed E-state index contributed by atoms with van der Waals surface area (Å²) in [4.78, 5) is 12.8. The van der Waals surface area contributed by atoms with Crippen LogP contribution in [0.2, 0.25) is 0 Å². The smallest absolute Gasteiger partial charge is 0.223 e. The number of hydrogen-bond acceptors (Lipinski definition) is 7. The Bertz CT molecular complexity index is 381. The highest BCUT2D eigenvalue weighted by atomic mass is 15.3. The standard InChI is InChI=1S/C10H19N7/c1-16-3-2-4-17(6-5-16)9-7-8(15-12)13-10(11)14-9/h7H,2-6,12H2,1H3,(H3,11,13,14,15). The molecule has 1 aromatic rings.